The standard InChI is InChI=1S/C46H34O3.C40H29NO8S/c1-31-11-15-33(16-12-31)45(47)34-17-25-38(26-18-34)49-40-29-21-36(22-30-40)46(43-9-5-3-7-41(43)42-8-4-6-10-44(42)46)35-19-27-39(28-20-35)48-37-23-13-32(2)14-24-37;1-25-6-19-37(38(20-25)40(44)31-21-36(24-41-23-31)50(45,46)47)28-7-9-29(10-8-28)39(43)30-13-17-33(18-14-30)49-35-5-3-4-34(22-35)48-32-15-11-27(12-16-32)26(2)42/h3-30H,1-2H3;3-24H,1-2H3,(H,45,46,47). The van der Waals surface area contributed by atoms with Crippen molar-refractivity contribution in [2.45, 2.75) is 38.0 Å². The van der Waals surface area contributed by atoms with E-state index in [1.54, 1.807) is 109 Å². The summed E-state index contributed by atoms with van der Waals surface area (Å²) in [6.45, 7) is 7.42. The van der Waals surface area contributed by atoms with E-state index in [9.17, 15) is 32.1 Å². The second kappa shape index (κ2) is 28.1. The zero-order chi connectivity index (χ0) is 68.8. The number of aromatic nitrogens is 1. The Morgan fingerprint density at radius 1 is 0.343 bits per heavy atom. The Balaban J connectivity index is 0.000000178. The first-order chi connectivity index (χ1) is 47.9. The molecule has 1 aliphatic rings. The SMILES string of the molecule is CC(=O)c1ccc(Oc2cccc(Oc3ccc(C(=O)c4ccc(-c5ccc(C)cc5C(=O)c5cncc(S(=O)(=O)O)c5)cc4)cc3)c2)cc1.Cc1ccc(Oc2ccc(C3(c4ccc(Oc5ccc(C(=O)c6ccc(C)cc6)cc5)cc4)c4ccccc4-c4ccccc43)cc2)cc1. The Morgan fingerprint density at radius 2 is 0.717 bits per heavy atom. The van der Waals surface area contributed by atoms with Crippen LogP contribution in [0.4, 0.5) is 0 Å². The highest BCUT2D eigenvalue weighted by molar-refractivity contribution is 7.85. The largest absolute Gasteiger partial charge is 0.457 e. The van der Waals surface area contributed by atoms with Gasteiger partial charge in [0.2, 0.25) is 0 Å². The van der Waals surface area contributed by atoms with E-state index in [-0.39, 0.29) is 22.9 Å². The van der Waals surface area contributed by atoms with Crippen LogP contribution in [0.15, 0.2) is 308 Å². The Kier molecular flexibility index (Phi) is 18.5. The lowest BCUT2D eigenvalue weighted by atomic mass is 9.68. The van der Waals surface area contributed by atoms with Crippen LogP contribution in [0.25, 0.3) is 22.3 Å². The number of carbonyl (C=O) groups is 4. The molecule has 13 aromatic rings. The Labute approximate surface area is 573 Å². The maximum absolute atomic E-state index is 13.5. The highest BCUT2D eigenvalue weighted by Gasteiger charge is 2.46. The zero-order valence-corrected chi connectivity index (χ0v) is 55.1. The number of benzene rings is 12. The number of Topliss-reactive ketones (excluding diaryl/α,β-unsaturated/α-hetero) is 1. The Bertz CT molecular complexity index is 5240. The van der Waals surface area contributed by atoms with Crippen LogP contribution < -0.4 is 18.9 Å². The van der Waals surface area contributed by atoms with Gasteiger partial charge in [0.1, 0.15) is 50.9 Å². The second-order valence-corrected chi connectivity index (χ2v) is 25.5. The quantitative estimate of drug-likeness (QED) is 0.0601. The monoisotopic (exact) mass is 1320 g/mol. The van der Waals surface area contributed by atoms with Crippen molar-refractivity contribution in [2.75, 3.05) is 0 Å². The van der Waals surface area contributed by atoms with Gasteiger partial charge in [-0.05, 0) is 206 Å². The second-order valence-electron chi connectivity index (χ2n) is 24.1. The number of pyridine rings is 1. The van der Waals surface area contributed by atoms with Gasteiger partial charge in [-0.2, -0.15) is 8.42 Å². The molecule has 0 unspecified atom stereocenters. The van der Waals surface area contributed by atoms with E-state index in [4.69, 9.17) is 18.9 Å². The summed E-state index contributed by atoms with van der Waals surface area (Å²) in [5.41, 5.74) is 14.2. The fourth-order valence-corrected chi connectivity index (χ4v) is 12.7. The van der Waals surface area contributed by atoms with Gasteiger partial charge in [-0.1, -0.05) is 168 Å². The topological polar surface area (TPSA) is 172 Å². The number of ether oxygens (including phenoxy) is 4. The molecule has 0 saturated heterocycles. The number of fused-ring (bicyclic) bond motifs is 3. The number of hydrogen-bond acceptors (Lipinski definition) is 11. The molecule has 0 bridgehead atoms. The van der Waals surface area contributed by atoms with E-state index >= 15 is 0 Å². The average molecular weight is 1320 g/mol. The molecule has 484 valence electrons. The average Bonchev–Trinajstić information content (AvgIpc) is 1.56. The molecule has 12 aromatic carbocycles. The van der Waals surface area contributed by atoms with Crippen molar-refractivity contribution in [3.63, 3.8) is 0 Å². The summed E-state index contributed by atoms with van der Waals surface area (Å²) in [6, 6.07) is 91.3. The molecule has 0 saturated carbocycles. The van der Waals surface area contributed by atoms with E-state index < -0.39 is 26.2 Å². The van der Waals surface area contributed by atoms with Crippen molar-refractivity contribution in [3.05, 3.63) is 381 Å². The fourth-order valence-electron chi connectivity index (χ4n) is 12.2. The summed E-state index contributed by atoms with van der Waals surface area (Å²) in [6.07, 6.45) is 2.21. The van der Waals surface area contributed by atoms with E-state index in [0.717, 1.165) is 51.8 Å². The predicted molar refractivity (Wildman–Crippen MR) is 383 cm³/mol. The van der Waals surface area contributed by atoms with Crippen molar-refractivity contribution < 1.29 is 51.1 Å². The summed E-state index contributed by atoms with van der Waals surface area (Å²) in [4.78, 5) is 54.7. The van der Waals surface area contributed by atoms with Crippen LogP contribution in [0.1, 0.15) is 104 Å². The van der Waals surface area contributed by atoms with Gasteiger partial charge in [0, 0.05) is 57.4 Å². The molecule has 13 heteroatoms. The van der Waals surface area contributed by atoms with Gasteiger partial charge < -0.3 is 18.9 Å². The van der Waals surface area contributed by atoms with Crippen molar-refractivity contribution in [3.8, 4) is 68.2 Å². The molecule has 1 heterocycles. The third-order valence-corrected chi connectivity index (χ3v) is 18.1. The molecule has 1 aliphatic carbocycles. The number of rotatable bonds is 19. The van der Waals surface area contributed by atoms with Gasteiger partial charge in [0.25, 0.3) is 10.1 Å². The Morgan fingerprint density at radius 3 is 1.16 bits per heavy atom. The normalized spacial score (nSPS) is 11.8. The van der Waals surface area contributed by atoms with Gasteiger partial charge in [-0.15, -0.1) is 0 Å². The molecule has 0 spiro atoms. The molecule has 0 aliphatic heterocycles. The lowest BCUT2D eigenvalue weighted by Crippen LogP contribution is -2.28. The first kappa shape index (κ1) is 65.3. The van der Waals surface area contributed by atoms with E-state index in [1.165, 1.54) is 40.9 Å². The molecule has 1 N–H and O–H groups in total. The maximum atomic E-state index is 13.5. The minimum atomic E-state index is -4.54. The molecular weight excluding hydrogens is 1260 g/mol. The predicted octanol–water partition coefficient (Wildman–Crippen LogP) is 20.0. The highest BCUT2D eigenvalue weighted by Crippen LogP contribution is 2.56. The zero-order valence-electron chi connectivity index (χ0n) is 54.3. The van der Waals surface area contributed by atoms with Crippen molar-refractivity contribution in [1.29, 1.82) is 0 Å². The first-order valence-electron chi connectivity index (χ1n) is 31.9. The number of nitrogens with zero attached hydrogens (tertiary/aromatic N) is 1. The number of carbonyl (C=O) groups excluding carboxylic acids is 4. The minimum absolute atomic E-state index is 0.00420. The third kappa shape index (κ3) is 14.3. The molecule has 0 atom stereocenters. The molecule has 14 rings (SSSR count). The number of hydrogen-bond donors (Lipinski definition) is 1. The molecule has 0 radical (unpaired) electrons. The number of aryl methyl sites for hydroxylation is 3. The highest BCUT2D eigenvalue weighted by atomic mass is 32.2. The Hall–Kier alpha value is -12.4. The third-order valence-electron chi connectivity index (χ3n) is 17.3. The van der Waals surface area contributed by atoms with Gasteiger partial charge in [-0.3, -0.25) is 28.7 Å². The van der Waals surface area contributed by atoms with Crippen molar-refractivity contribution >= 4 is 33.3 Å². The van der Waals surface area contributed by atoms with Gasteiger partial charge in [-0.25, -0.2) is 0 Å². The summed E-state index contributed by atoms with van der Waals surface area (Å²) in [5.74, 6) is 4.48. The van der Waals surface area contributed by atoms with Crippen LogP contribution in [0.5, 0.6) is 46.0 Å². The molecule has 12 nitrogen and oxygen atoms in total. The molecule has 1 aromatic heterocycles. The summed E-state index contributed by atoms with van der Waals surface area (Å²) in [7, 11) is -4.54. The van der Waals surface area contributed by atoms with Gasteiger partial charge in [0.15, 0.2) is 23.1 Å². The molecular formula is C86H63NO11S. The van der Waals surface area contributed by atoms with Gasteiger partial charge >= 0.3 is 0 Å². The van der Waals surface area contributed by atoms with Gasteiger partial charge in [0.05, 0.1) is 5.41 Å². The van der Waals surface area contributed by atoms with Crippen LogP contribution in [0, 0.1) is 20.8 Å². The number of ketones is 4. The van der Waals surface area contributed by atoms with Crippen LogP contribution >= 0.6 is 0 Å². The minimum Gasteiger partial charge on any atom is -0.457 e. The van der Waals surface area contributed by atoms with E-state index in [2.05, 4.69) is 109 Å². The van der Waals surface area contributed by atoms with Crippen molar-refractivity contribution in [1.82, 2.24) is 4.98 Å². The van der Waals surface area contributed by atoms with Crippen LogP contribution in [0.3, 0.4) is 0 Å². The molecule has 0 amide bonds. The van der Waals surface area contributed by atoms with Crippen LogP contribution in [-0.4, -0.2) is 41.1 Å². The summed E-state index contributed by atoms with van der Waals surface area (Å²) in [5, 5.41) is 0. The summed E-state index contributed by atoms with van der Waals surface area (Å²) >= 11 is 0. The molecule has 0 fully saturated rings. The van der Waals surface area contributed by atoms with Crippen LogP contribution in [0.2, 0.25) is 0 Å². The fraction of sp³-hybridized carbons (Fsp3) is 0.0581. The summed E-state index contributed by atoms with van der Waals surface area (Å²) < 4.78 is 57.0. The van der Waals surface area contributed by atoms with E-state index in [0.29, 0.717) is 73.3 Å². The van der Waals surface area contributed by atoms with E-state index in [1.807, 2.05) is 92.7 Å². The van der Waals surface area contributed by atoms with Crippen LogP contribution in [-0.2, 0) is 15.5 Å². The smallest absolute Gasteiger partial charge is 0.296 e. The lowest BCUT2D eigenvalue weighted by Gasteiger charge is -2.34. The lowest BCUT2D eigenvalue weighted by molar-refractivity contribution is 0.101. The molecule has 99 heavy (non-hydrogen) atoms. The maximum Gasteiger partial charge on any atom is 0.296 e. The van der Waals surface area contributed by atoms with Crippen molar-refractivity contribution in [2.24, 2.45) is 0 Å². The first-order valence-corrected chi connectivity index (χ1v) is 33.3.